The Hall–Kier alpha value is -1.81. The molecule has 0 fully saturated rings. The number of nitrogens with zero attached hydrogens (tertiary/aromatic N) is 1. The van der Waals surface area contributed by atoms with E-state index in [0.717, 1.165) is 5.56 Å². The predicted octanol–water partition coefficient (Wildman–Crippen LogP) is 2.47. The van der Waals surface area contributed by atoms with E-state index < -0.39 is 11.6 Å². The molecule has 1 atom stereocenters. The molecule has 94 valence electrons. The zero-order chi connectivity index (χ0) is 13.0. The monoisotopic (exact) mass is 248 g/mol. The van der Waals surface area contributed by atoms with Crippen LogP contribution in [-0.2, 0) is 12.8 Å². The van der Waals surface area contributed by atoms with E-state index in [1.165, 1.54) is 18.2 Å². The number of hydrogen-bond acceptors (Lipinski definition) is 2. The zero-order valence-electron chi connectivity index (χ0n) is 9.81. The smallest absolute Gasteiger partial charge is 0.129 e. The lowest BCUT2D eigenvalue weighted by atomic mass is 10.00. The molecule has 4 heteroatoms. The van der Waals surface area contributed by atoms with Crippen molar-refractivity contribution >= 4 is 0 Å². The first kappa shape index (κ1) is 12.6. The van der Waals surface area contributed by atoms with Gasteiger partial charge in [0.15, 0.2) is 0 Å². The lowest BCUT2D eigenvalue weighted by molar-refractivity contribution is 0.533. The molecule has 2 aromatic rings. The second-order valence-corrected chi connectivity index (χ2v) is 4.23. The average Bonchev–Trinajstić information content (AvgIpc) is 2.35. The van der Waals surface area contributed by atoms with E-state index in [-0.39, 0.29) is 18.0 Å². The number of halogens is 2. The second-order valence-electron chi connectivity index (χ2n) is 4.23. The van der Waals surface area contributed by atoms with Crippen molar-refractivity contribution in [3.63, 3.8) is 0 Å². The third-order valence-electron chi connectivity index (χ3n) is 2.75. The van der Waals surface area contributed by atoms with Gasteiger partial charge in [0.2, 0.25) is 0 Å². The average molecular weight is 248 g/mol. The van der Waals surface area contributed by atoms with Crippen LogP contribution in [0.2, 0.25) is 0 Å². The van der Waals surface area contributed by atoms with Crippen molar-refractivity contribution in [2.45, 2.75) is 18.9 Å². The van der Waals surface area contributed by atoms with Gasteiger partial charge in [-0.25, -0.2) is 8.78 Å². The minimum absolute atomic E-state index is 0.0499. The number of aromatic nitrogens is 1. The van der Waals surface area contributed by atoms with Crippen molar-refractivity contribution in [1.29, 1.82) is 0 Å². The Morgan fingerprint density at radius 2 is 1.78 bits per heavy atom. The van der Waals surface area contributed by atoms with E-state index in [2.05, 4.69) is 4.98 Å². The van der Waals surface area contributed by atoms with Gasteiger partial charge in [-0.15, -0.1) is 0 Å². The Bertz CT molecular complexity index is 494. The molecule has 2 nitrogen and oxygen atoms in total. The fourth-order valence-electron chi connectivity index (χ4n) is 1.88. The van der Waals surface area contributed by atoms with Crippen LogP contribution in [0.4, 0.5) is 8.78 Å². The zero-order valence-corrected chi connectivity index (χ0v) is 9.81. The van der Waals surface area contributed by atoms with Crippen molar-refractivity contribution in [3.05, 3.63) is 65.5 Å². The Balaban J connectivity index is 2.06. The number of benzene rings is 1. The van der Waals surface area contributed by atoms with Gasteiger partial charge in [0, 0.05) is 24.0 Å². The van der Waals surface area contributed by atoms with Crippen LogP contribution < -0.4 is 5.73 Å². The molecule has 0 saturated heterocycles. The van der Waals surface area contributed by atoms with Crippen LogP contribution in [0.25, 0.3) is 0 Å². The highest BCUT2D eigenvalue weighted by atomic mass is 19.1. The van der Waals surface area contributed by atoms with E-state index in [1.807, 2.05) is 12.1 Å². The normalized spacial score (nSPS) is 12.4. The Labute approximate surface area is 104 Å². The molecule has 1 heterocycles. The highest BCUT2D eigenvalue weighted by Crippen LogP contribution is 2.15. The van der Waals surface area contributed by atoms with Crippen molar-refractivity contribution in [2.75, 3.05) is 0 Å². The van der Waals surface area contributed by atoms with Gasteiger partial charge < -0.3 is 5.73 Å². The summed E-state index contributed by atoms with van der Waals surface area (Å²) in [5.74, 6) is -1.09. The van der Waals surface area contributed by atoms with Crippen LogP contribution in [0.15, 0.2) is 42.7 Å². The van der Waals surface area contributed by atoms with Gasteiger partial charge in [0.25, 0.3) is 0 Å². The standard InChI is InChI=1S/C14H14F2N2/c15-13-4-1-5-14(16)12(13)8-11(17)7-10-3-2-6-18-9-10/h1-6,9,11H,7-8,17H2. The van der Waals surface area contributed by atoms with E-state index >= 15 is 0 Å². The van der Waals surface area contributed by atoms with E-state index in [0.29, 0.717) is 6.42 Å². The maximum Gasteiger partial charge on any atom is 0.129 e. The molecule has 1 aromatic heterocycles. The van der Waals surface area contributed by atoms with Crippen molar-refractivity contribution < 1.29 is 8.78 Å². The van der Waals surface area contributed by atoms with E-state index in [1.54, 1.807) is 12.4 Å². The first-order chi connectivity index (χ1) is 8.66. The molecule has 0 spiro atoms. The van der Waals surface area contributed by atoms with Gasteiger partial charge in [-0.1, -0.05) is 12.1 Å². The molecule has 0 aliphatic carbocycles. The summed E-state index contributed by atoms with van der Waals surface area (Å²) in [4.78, 5) is 3.98. The molecule has 2 N–H and O–H groups in total. The van der Waals surface area contributed by atoms with Crippen LogP contribution >= 0.6 is 0 Å². The van der Waals surface area contributed by atoms with Gasteiger partial charge in [-0.2, -0.15) is 0 Å². The van der Waals surface area contributed by atoms with Gasteiger partial charge in [-0.05, 0) is 36.6 Å². The first-order valence-electron chi connectivity index (χ1n) is 5.74. The van der Waals surface area contributed by atoms with Crippen LogP contribution in [-0.4, -0.2) is 11.0 Å². The molecule has 0 aliphatic rings. The Morgan fingerprint density at radius 1 is 1.06 bits per heavy atom. The maximum absolute atomic E-state index is 13.4. The predicted molar refractivity (Wildman–Crippen MR) is 66.0 cm³/mol. The largest absolute Gasteiger partial charge is 0.327 e. The fraction of sp³-hybridized carbons (Fsp3) is 0.214. The van der Waals surface area contributed by atoms with E-state index in [4.69, 9.17) is 5.73 Å². The summed E-state index contributed by atoms with van der Waals surface area (Å²) >= 11 is 0. The fourth-order valence-corrected chi connectivity index (χ4v) is 1.88. The summed E-state index contributed by atoms with van der Waals surface area (Å²) in [6.45, 7) is 0. The summed E-state index contributed by atoms with van der Waals surface area (Å²) in [6.07, 6.45) is 4.10. The van der Waals surface area contributed by atoms with Gasteiger partial charge in [-0.3, -0.25) is 4.98 Å². The molecule has 0 bridgehead atoms. The van der Waals surface area contributed by atoms with Crippen LogP contribution in [0.1, 0.15) is 11.1 Å². The third kappa shape index (κ3) is 3.11. The minimum Gasteiger partial charge on any atom is -0.327 e. The van der Waals surface area contributed by atoms with Crippen molar-refractivity contribution in [3.8, 4) is 0 Å². The number of nitrogens with two attached hydrogens (primary N) is 1. The molecule has 1 unspecified atom stereocenters. The van der Waals surface area contributed by atoms with Crippen molar-refractivity contribution in [1.82, 2.24) is 4.98 Å². The second kappa shape index (κ2) is 5.69. The van der Waals surface area contributed by atoms with Crippen LogP contribution in [0.5, 0.6) is 0 Å². The molecule has 18 heavy (non-hydrogen) atoms. The number of hydrogen-bond donors (Lipinski definition) is 1. The van der Waals surface area contributed by atoms with Crippen molar-refractivity contribution in [2.24, 2.45) is 5.73 Å². The molecule has 0 amide bonds. The summed E-state index contributed by atoms with van der Waals surface area (Å²) < 4.78 is 26.9. The van der Waals surface area contributed by atoms with Gasteiger partial charge in [0.1, 0.15) is 11.6 Å². The van der Waals surface area contributed by atoms with Crippen LogP contribution in [0.3, 0.4) is 0 Å². The Morgan fingerprint density at radius 3 is 2.39 bits per heavy atom. The molecule has 2 rings (SSSR count). The Kier molecular flexibility index (Phi) is 3.99. The minimum atomic E-state index is -0.545. The third-order valence-corrected chi connectivity index (χ3v) is 2.75. The molecule has 1 aromatic carbocycles. The lowest BCUT2D eigenvalue weighted by Gasteiger charge is -2.12. The maximum atomic E-state index is 13.4. The SMILES string of the molecule is NC(Cc1cccnc1)Cc1c(F)cccc1F. The van der Waals surface area contributed by atoms with Crippen LogP contribution in [0, 0.1) is 11.6 Å². The number of pyridine rings is 1. The first-order valence-corrected chi connectivity index (χ1v) is 5.74. The molecular weight excluding hydrogens is 234 g/mol. The molecule has 0 radical (unpaired) electrons. The molecular formula is C14H14F2N2. The highest BCUT2D eigenvalue weighted by Gasteiger charge is 2.13. The lowest BCUT2D eigenvalue weighted by Crippen LogP contribution is -2.26. The van der Waals surface area contributed by atoms with Gasteiger partial charge >= 0.3 is 0 Å². The topological polar surface area (TPSA) is 38.9 Å². The highest BCUT2D eigenvalue weighted by molar-refractivity contribution is 5.21. The summed E-state index contributed by atoms with van der Waals surface area (Å²) in [7, 11) is 0. The number of rotatable bonds is 4. The van der Waals surface area contributed by atoms with E-state index in [9.17, 15) is 8.78 Å². The summed E-state index contributed by atoms with van der Waals surface area (Å²) in [5.41, 5.74) is 6.92. The van der Waals surface area contributed by atoms with Gasteiger partial charge in [0.05, 0.1) is 0 Å². The molecule has 0 aliphatic heterocycles. The quantitative estimate of drug-likeness (QED) is 0.902. The molecule has 0 saturated carbocycles. The summed E-state index contributed by atoms with van der Waals surface area (Å²) in [5, 5.41) is 0. The summed E-state index contributed by atoms with van der Waals surface area (Å²) in [6, 6.07) is 7.21.